The number of hydrogen-bond acceptors (Lipinski definition) is 5. The van der Waals surface area contributed by atoms with E-state index in [9.17, 15) is 9.90 Å². The Hall–Kier alpha value is -2.28. The Balaban J connectivity index is 2.11. The summed E-state index contributed by atoms with van der Waals surface area (Å²) in [5.74, 6) is -0.982. The van der Waals surface area contributed by atoms with Crippen LogP contribution in [0, 0.1) is 6.92 Å². The van der Waals surface area contributed by atoms with E-state index in [-0.39, 0.29) is 5.56 Å². The standard InChI is InChI=1S/C12H10N4O2S/c1-7-6-19-10(13-7)5-16-11-8(12(17)18)3-2-4-9(11)14-15-16/h2-4,6H,5H2,1H3,(H,17,18). The molecule has 0 bridgehead atoms. The van der Waals surface area contributed by atoms with Crippen LogP contribution in [0.5, 0.6) is 0 Å². The second-order valence-electron chi connectivity index (χ2n) is 4.11. The van der Waals surface area contributed by atoms with Gasteiger partial charge in [-0.25, -0.2) is 14.5 Å². The Morgan fingerprint density at radius 1 is 1.47 bits per heavy atom. The van der Waals surface area contributed by atoms with Gasteiger partial charge in [0, 0.05) is 11.1 Å². The van der Waals surface area contributed by atoms with E-state index >= 15 is 0 Å². The summed E-state index contributed by atoms with van der Waals surface area (Å²) in [6.45, 7) is 2.35. The van der Waals surface area contributed by atoms with Crippen LogP contribution in [0.3, 0.4) is 0 Å². The minimum absolute atomic E-state index is 0.204. The predicted molar refractivity (Wildman–Crippen MR) is 70.4 cm³/mol. The fraction of sp³-hybridized carbons (Fsp3) is 0.167. The van der Waals surface area contributed by atoms with Crippen molar-refractivity contribution in [3.63, 3.8) is 0 Å². The summed E-state index contributed by atoms with van der Waals surface area (Å²) in [6, 6.07) is 4.97. The van der Waals surface area contributed by atoms with Crippen molar-refractivity contribution in [3.8, 4) is 0 Å². The molecular weight excluding hydrogens is 264 g/mol. The molecule has 0 unspecified atom stereocenters. The van der Waals surface area contributed by atoms with E-state index in [1.807, 2.05) is 12.3 Å². The lowest BCUT2D eigenvalue weighted by molar-refractivity contribution is 0.0698. The molecule has 0 spiro atoms. The van der Waals surface area contributed by atoms with Gasteiger partial charge < -0.3 is 5.11 Å². The number of hydrogen-bond donors (Lipinski definition) is 1. The SMILES string of the molecule is Cc1csc(Cn2nnc3cccc(C(=O)O)c32)n1. The molecule has 3 aromatic rings. The zero-order chi connectivity index (χ0) is 13.4. The summed E-state index contributed by atoms with van der Waals surface area (Å²) in [6.07, 6.45) is 0. The molecule has 0 amide bonds. The van der Waals surface area contributed by atoms with Gasteiger partial charge in [-0.15, -0.1) is 16.4 Å². The molecule has 0 atom stereocenters. The molecule has 0 saturated carbocycles. The van der Waals surface area contributed by atoms with Crippen LogP contribution in [0.1, 0.15) is 21.1 Å². The first-order valence-electron chi connectivity index (χ1n) is 5.61. The van der Waals surface area contributed by atoms with E-state index in [1.165, 1.54) is 11.3 Å². The highest BCUT2D eigenvalue weighted by molar-refractivity contribution is 7.09. The van der Waals surface area contributed by atoms with Crippen molar-refractivity contribution in [2.24, 2.45) is 0 Å². The molecule has 2 aromatic heterocycles. The molecule has 3 rings (SSSR count). The van der Waals surface area contributed by atoms with Crippen LogP contribution < -0.4 is 0 Å². The average Bonchev–Trinajstić information content (AvgIpc) is 2.97. The quantitative estimate of drug-likeness (QED) is 0.789. The molecule has 6 nitrogen and oxygen atoms in total. The first kappa shape index (κ1) is 11.8. The third kappa shape index (κ3) is 2.08. The Morgan fingerprint density at radius 3 is 3.00 bits per heavy atom. The molecule has 0 saturated heterocycles. The number of carbonyl (C=O) groups is 1. The number of carboxylic acids is 1. The molecule has 0 aliphatic heterocycles. The van der Waals surface area contributed by atoms with E-state index in [0.29, 0.717) is 17.6 Å². The van der Waals surface area contributed by atoms with Gasteiger partial charge >= 0.3 is 5.97 Å². The molecule has 0 fully saturated rings. The third-order valence-corrected chi connectivity index (χ3v) is 3.67. The van der Waals surface area contributed by atoms with E-state index in [0.717, 1.165) is 10.7 Å². The molecular formula is C12H10N4O2S. The van der Waals surface area contributed by atoms with Crippen molar-refractivity contribution in [1.29, 1.82) is 0 Å². The van der Waals surface area contributed by atoms with Crippen molar-refractivity contribution in [2.75, 3.05) is 0 Å². The monoisotopic (exact) mass is 274 g/mol. The number of aromatic nitrogens is 4. The number of benzene rings is 1. The third-order valence-electron chi connectivity index (χ3n) is 2.72. The maximum atomic E-state index is 11.2. The fourth-order valence-electron chi connectivity index (χ4n) is 1.92. The van der Waals surface area contributed by atoms with Gasteiger partial charge in [0.2, 0.25) is 0 Å². The molecule has 96 valence electrons. The number of fused-ring (bicyclic) bond motifs is 1. The zero-order valence-electron chi connectivity index (χ0n) is 10.1. The van der Waals surface area contributed by atoms with Gasteiger partial charge in [-0.3, -0.25) is 0 Å². The Labute approximate surface area is 112 Å². The number of nitrogens with zero attached hydrogens (tertiary/aromatic N) is 4. The van der Waals surface area contributed by atoms with Crippen LogP contribution in [-0.2, 0) is 6.54 Å². The van der Waals surface area contributed by atoms with Crippen LogP contribution >= 0.6 is 11.3 Å². The summed E-state index contributed by atoms with van der Waals surface area (Å²) in [5.41, 5.74) is 2.26. The molecule has 1 aromatic carbocycles. The predicted octanol–water partition coefficient (Wildman–Crippen LogP) is 1.94. The van der Waals surface area contributed by atoms with E-state index in [2.05, 4.69) is 15.3 Å². The lowest BCUT2D eigenvalue weighted by atomic mass is 10.2. The van der Waals surface area contributed by atoms with Gasteiger partial charge in [-0.05, 0) is 19.1 Å². The maximum Gasteiger partial charge on any atom is 0.337 e. The van der Waals surface area contributed by atoms with Crippen molar-refractivity contribution in [2.45, 2.75) is 13.5 Å². The Kier molecular flexibility index (Phi) is 2.75. The minimum Gasteiger partial charge on any atom is -0.478 e. The summed E-state index contributed by atoms with van der Waals surface area (Å²) in [5, 5.41) is 20.0. The van der Waals surface area contributed by atoms with Gasteiger partial charge in [0.15, 0.2) is 0 Å². The maximum absolute atomic E-state index is 11.2. The van der Waals surface area contributed by atoms with E-state index in [1.54, 1.807) is 22.9 Å². The van der Waals surface area contributed by atoms with Crippen LogP contribution in [0.15, 0.2) is 23.6 Å². The fourth-order valence-corrected chi connectivity index (χ4v) is 2.67. The van der Waals surface area contributed by atoms with Gasteiger partial charge in [0.05, 0.1) is 12.1 Å². The molecule has 0 aliphatic rings. The molecule has 0 aliphatic carbocycles. The molecule has 7 heteroatoms. The average molecular weight is 274 g/mol. The molecule has 19 heavy (non-hydrogen) atoms. The minimum atomic E-state index is -0.982. The van der Waals surface area contributed by atoms with Crippen molar-refractivity contribution >= 4 is 28.3 Å². The summed E-state index contributed by atoms with van der Waals surface area (Å²) in [4.78, 5) is 15.6. The summed E-state index contributed by atoms with van der Waals surface area (Å²) >= 11 is 1.52. The van der Waals surface area contributed by atoms with Crippen LogP contribution in [0.2, 0.25) is 0 Å². The van der Waals surface area contributed by atoms with Gasteiger partial charge in [-0.1, -0.05) is 11.3 Å². The van der Waals surface area contributed by atoms with Crippen molar-refractivity contribution < 1.29 is 9.90 Å². The van der Waals surface area contributed by atoms with Gasteiger partial charge in [0.1, 0.15) is 16.0 Å². The molecule has 0 radical (unpaired) electrons. The second kappa shape index (κ2) is 4.43. The van der Waals surface area contributed by atoms with E-state index < -0.39 is 5.97 Å². The second-order valence-corrected chi connectivity index (χ2v) is 5.05. The zero-order valence-corrected chi connectivity index (χ0v) is 10.9. The van der Waals surface area contributed by atoms with E-state index in [4.69, 9.17) is 0 Å². The number of thiazole rings is 1. The van der Waals surface area contributed by atoms with Crippen LogP contribution in [-0.4, -0.2) is 31.1 Å². The Morgan fingerprint density at radius 2 is 2.32 bits per heavy atom. The smallest absolute Gasteiger partial charge is 0.337 e. The topological polar surface area (TPSA) is 80.9 Å². The molecule has 2 heterocycles. The summed E-state index contributed by atoms with van der Waals surface area (Å²) < 4.78 is 1.58. The number of aromatic carboxylic acids is 1. The van der Waals surface area contributed by atoms with Crippen LogP contribution in [0.25, 0.3) is 11.0 Å². The normalized spacial score (nSPS) is 11.0. The number of para-hydroxylation sites is 1. The van der Waals surface area contributed by atoms with Crippen molar-refractivity contribution in [1.82, 2.24) is 20.0 Å². The van der Waals surface area contributed by atoms with Gasteiger partial charge in [-0.2, -0.15) is 0 Å². The highest BCUT2D eigenvalue weighted by Gasteiger charge is 2.15. The molecule has 1 N–H and O–H groups in total. The summed E-state index contributed by atoms with van der Waals surface area (Å²) in [7, 11) is 0. The first-order chi connectivity index (χ1) is 9.15. The number of carboxylic acid groups (broad SMARTS) is 1. The lowest BCUT2D eigenvalue weighted by Gasteiger charge is -2.02. The lowest BCUT2D eigenvalue weighted by Crippen LogP contribution is -2.06. The number of aryl methyl sites for hydroxylation is 1. The van der Waals surface area contributed by atoms with Gasteiger partial charge in [0.25, 0.3) is 0 Å². The Bertz CT molecular complexity index is 762. The number of rotatable bonds is 3. The largest absolute Gasteiger partial charge is 0.478 e. The highest BCUT2D eigenvalue weighted by Crippen LogP contribution is 2.19. The first-order valence-corrected chi connectivity index (χ1v) is 6.49. The van der Waals surface area contributed by atoms with Crippen LogP contribution in [0.4, 0.5) is 0 Å². The highest BCUT2D eigenvalue weighted by atomic mass is 32.1. The van der Waals surface area contributed by atoms with Crippen molar-refractivity contribution in [3.05, 3.63) is 39.8 Å².